The second-order valence-corrected chi connectivity index (χ2v) is 6.20. The maximum atomic E-state index is 12.6. The number of fused-ring (bicyclic) bond motifs is 2. The van der Waals surface area contributed by atoms with Crippen LogP contribution in [0.3, 0.4) is 0 Å². The van der Waals surface area contributed by atoms with Gasteiger partial charge in [0.1, 0.15) is 18.2 Å². The highest BCUT2D eigenvalue weighted by molar-refractivity contribution is 7.99. The van der Waals surface area contributed by atoms with Crippen LogP contribution in [0.1, 0.15) is 0 Å². The summed E-state index contributed by atoms with van der Waals surface area (Å²) in [6, 6.07) is 9.00. The van der Waals surface area contributed by atoms with Gasteiger partial charge in [-0.2, -0.15) is 0 Å². The number of hydrogen-bond donors (Lipinski definition) is 1. The van der Waals surface area contributed by atoms with Crippen LogP contribution >= 0.6 is 11.8 Å². The molecule has 1 aromatic heterocycles. The van der Waals surface area contributed by atoms with E-state index in [0.29, 0.717) is 36.9 Å². The first-order valence-corrected chi connectivity index (χ1v) is 8.36. The first-order chi connectivity index (χ1) is 11.3. The maximum absolute atomic E-state index is 12.6. The third-order valence-electron chi connectivity index (χ3n) is 3.63. The molecule has 0 radical (unpaired) electrons. The second kappa shape index (κ2) is 6.00. The van der Waals surface area contributed by atoms with E-state index in [1.54, 1.807) is 28.9 Å². The molecular weight excluding hydrogens is 314 g/mol. The van der Waals surface area contributed by atoms with Gasteiger partial charge in [-0.3, -0.25) is 4.90 Å². The predicted molar refractivity (Wildman–Crippen MR) is 88.8 cm³/mol. The summed E-state index contributed by atoms with van der Waals surface area (Å²) in [6.07, 6.45) is 1.74. The highest BCUT2D eigenvalue weighted by atomic mass is 32.2. The van der Waals surface area contributed by atoms with E-state index in [1.165, 1.54) is 0 Å². The Bertz CT molecular complexity index is 753. The van der Waals surface area contributed by atoms with E-state index in [-0.39, 0.29) is 6.03 Å². The number of ether oxygens (including phenoxy) is 2. The number of benzene rings is 1. The minimum Gasteiger partial charge on any atom is -0.486 e. The largest absolute Gasteiger partial charge is 0.486 e. The SMILES string of the molecule is O=C(Nc1ccc2c(c1)OCCO2)N1CCSc2ncccc21. The molecule has 0 fully saturated rings. The normalized spacial score (nSPS) is 15.7. The first-order valence-electron chi connectivity index (χ1n) is 7.37. The molecule has 0 spiro atoms. The minimum absolute atomic E-state index is 0.170. The summed E-state index contributed by atoms with van der Waals surface area (Å²) in [5, 5.41) is 3.80. The Morgan fingerprint density at radius 2 is 2.09 bits per heavy atom. The van der Waals surface area contributed by atoms with Crippen molar-refractivity contribution >= 4 is 29.2 Å². The number of thioether (sulfide) groups is 1. The molecule has 118 valence electrons. The third kappa shape index (κ3) is 2.79. The van der Waals surface area contributed by atoms with Gasteiger partial charge >= 0.3 is 6.03 Å². The average Bonchev–Trinajstić information content (AvgIpc) is 2.61. The molecule has 0 aliphatic carbocycles. The molecular formula is C16H15N3O3S. The Balaban J connectivity index is 1.55. The molecule has 6 nitrogen and oxygen atoms in total. The van der Waals surface area contributed by atoms with Crippen LogP contribution in [0.2, 0.25) is 0 Å². The van der Waals surface area contributed by atoms with Gasteiger partial charge in [0.25, 0.3) is 0 Å². The van der Waals surface area contributed by atoms with Crippen molar-refractivity contribution in [2.24, 2.45) is 0 Å². The molecule has 2 aliphatic heterocycles. The number of pyridine rings is 1. The standard InChI is InChI=1S/C16H15N3O3S/c20-16(19-6-9-23-15-12(19)2-1-5-17-15)18-11-3-4-13-14(10-11)22-8-7-21-13/h1-5,10H,6-9H2,(H,18,20). The molecule has 0 bridgehead atoms. The van der Waals surface area contributed by atoms with E-state index < -0.39 is 0 Å². The lowest BCUT2D eigenvalue weighted by Gasteiger charge is -2.28. The molecule has 0 saturated carbocycles. The second-order valence-electron chi connectivity index (χ2n) is 5.12. The van der Waals surface area contributed by atoms with Gasteiger partial charge in [0.15, 0.2) is 11.5 Å². The monoisotopic (exact) mass is 329 g/mol. The Kier molecular flexibility index (Phi) is 3.70. The van der Waals surface area contributed by atoms with Gasteiger partial charge in [-0.05, 0) is 24.3 Å². The van der Waals surface area contributed by atoms with E-state index in [2.05, 4.69) is 10.3 Å². The molecule has 23 heavy (non-hydrogen) atoms. The molecule has 0 unspecified atom stereocenters. The highest BCUT2D eigenvalue weighted by Gasteiger charge is 2.24. The molecule has 0 atom stereocenters. The molecule has 2 aliphatic rings. The summed E-state index contributed by atoms with van der Waals surface area (Å²) in [7, 11) is 0. The first kappa shape index (κ1) is 14.2. The third-order valence-corrected chi connectivity index (χ3v) is 4.61. The zero-order valence-corrected chi connectivity index (χ0v) is 13.1. The van der Waals surface area contributed by atoms with E-state index in [0.717, 1.165) is 16.5 Å². The smallest absolute Gasteiger partial charge is 0.326 e. The van der Waals surface area contributed by atoms with Crippen LogP contribution in [0.5, 0.6) is 11.5 Å². The van der Waals surface area contributed by atoms with Gasteiger partial charge in [0.2, 0.25) is 0 Å². The van der Waals surface area contributed by atoms with Crippen LogP contribution in [-0.2, 0) is 0 Å². The van der Waals surface area contributed by atoms with Gasteiger partial charge in [0.05, 0.1) is 5.69 Å². The number of nitrogens with one attached hydrogen (secondary N) is 1. The molecule has 3 heterocycles. The van der Waals surface area contributed by atoms with Crippen LogP contribution in [-0.4, -0.2) is 36.5 Å². The molecule has 2 amide bonds. The van der Waals surface area contributed by atoms with Gasteiger partial charge in [-0.15, -0.1) is 11.8 Å². The zero-order chi connectivity index (χ0) is 15.6. The van der Waals surface area contributed by atoms with Crippen molar-refractivity contribution in [3.8, 4) is 11.5 Å². The topological polar surface area (TPSA) is 63.7 Å². The van der Waals surface area contributed by atoms with Crippen LogP contribution in [0, 0.1) is 0 Å². The van der Waals surface area contributed by atoms with Gasteiger partial charge in [0, 0.05) is 30.2 Å². The lowest BCUT2D eigenvalue weighted by molar-refractivity contribution is 0.171. The summed E-state index contributed by atoms with van der Waals surface area (Å²) >= 11 is 1.67. The van der Waals surface area contributed by atoms with Crippen molar-refractivity contribution < 1.29 is 14.3 Å². The van der Waals surface area contributed by atoms with Gasteiger partial charge in [-0.1, -0.05) is 0 Å². The van der Waals surface area contributed by atoms with Crippen LogP contribution in [0.25, 0.3) is 0 Å². The summed E-state index contributed by atoms with van der Waals surface area (Å²) in [4.78, 5) is 18.6. The van der Waals surface area contributed by atoms with Crippen LogP contribution in [0.4, 0.5) is 16.2 Å². The van der Waals surface area contributed by atoms with Gasteiger partial charge < -0.3 is 14.8 Å². The molecule has 7 heteroatoms. The fourth-order valence-electron chi connectivity index (χ4n) is 2.58. The van der Waals surface area contributed by atoms with Crippen LogP contribution in [0.15, 0.2) is 41.6 Å². The van der Waals surface area contributed by atoms with Crippen molar-refractivity contribution in [1.82, 2.24) is 4.98 Å². The summed E-state index contributed by atoms with van der Waals surface area (Å²) in [6.45, 7) is 1.72. The summed E-state index contributed by atoms with van der Waals surface area (Å²) in [5.41, 5.74) is 1.53. The number of carbonyl (C=O) groups excluding carboxylic acids is 1. The zero-order valence-electron chi connectivity index (χ0n) is 12.3. The summed E-state index contributed by atoms with van der Waals surface area (Å²) in [5.74, 6) is 2.20. The number of hydrogen-bond acceptors (Lipinski definition) is 5. The molecule has 1 N–H and O–H groups in total. The Morgan fingerprint density at radius 1 is 1.22 bits per heavy atom. The number of urea groups is 1. The number of nitrogens with zero attached hydrogens (tertiary/aromatic N) is 2. The fourth-order valence-corrected chi connectivity index (χ4v) is 3.50. The van der Waals surface area contributed by atoms with Gasteiger partial charge in [-0.25, -0.2) is 9.78 Å². The lowest BCUT2D eigenvalue weighted by atomic mass is 10.2. The van der Waals surface area contributed by atoms with Crippen molar-refractivity contribution in [3.05, 3.63) is 36.5 Å². The van der Waals surface area contributed by atoms with Crippen molar-refractivity contribution in [2.45, 2.75) is 5.03 Å². The number of amides is 2. The quantitative estimate of drug-likeness (QED) is 0.871. The molecule has 2 aromatic rings. The van der Waals surface area contributed by atoms with E-state index >= 15 is 0 Å². The Hall–Kier alpha value is -2.41. The lowest BCUT2D eigenvalue weighted by Crippen LogP contribution is -2.38. The van der Waals surface area contributed by atoms with Crippen molar-refractivity contribution in [1.29, 1.82) is 0 Å². The van der Waals surface area contributed by atoms with Crippen molar-refractivity contribution in [3.63, 3.8) is 0 Å². The number of rotatable bonds is 1. The maximum Gasteiger partial charge on any atom is 0.326 e. The Morgan fingerprint density at radius 3 is 3.00 bits per heavy atom. The molecule has 0 saturated heterocycles. The van der Waals surface area contributed by atoms with E-state index in [1.807, 2.05) is 24.3 Å². The fraction of sp³-hybridized carbons (Fsp3) is 0.250. The van der Waals surface area contributed by atoms with Crippen molar-refractivity contribution in [2.75, 3.05) is 35.7 Å². The van der Waals surface area contributed by atoms with Crippen LogP contribution < -0.4 is 19.7 Å². The summed E-state index contributed by atoms with van der Waals surface area (Å²) < 4.78 is 11.0. The Labute approximate surface area is 137 Å². The average molecular weight is 329 g/mol. The molecule has 1 aromatic carbocycles. The predicted octanol–water partition coefficient (Wildman–Crippen LogP) is 3.00. The number of carbonyl (C=O) groups is 1. The highest BCUT2D eigenvalue weighted by Crippen LogP contribution is 2.34. The minimum atomic E-state index is -0.170. The number of anilines is 2. The number of aromatic nitrogens is 1. The van der Waals surface area contributed by atoms with E-state index in [9.17, 15) is 4.79 Å². The molecule has 4 rings (SSSR count). The van der Waals surface area contributed by atoms with E-state index in [4.69, 9.17) is 9.47 Å².